The van der Waals surface area contributed by atoms with Crippen molar-refractivity contribution < 1.29 is 26.7 Å². The van der Waals surface area contributed by atoms with Gasteiger partial charge < -0.3 is 4.74 Å². The Morgan fingerprint density at radius 1 is 0.818 bits per heavy atom. The molecule has 0 saturated heterocycles. The number of halogens is 5. The molecule has 3 rings (SSSR count). The summed E-state index contributed by atoms with van der Waals surface area (Å²) in [6.45, 7) is 4.60. The Balaban J connectivity index is 1.38. The third kappa shape index (κ3) is 8.43. The van der Waals surface area contributed by atoms with E-state index in [0.29, 0.717) is 17.9 Å². The SMILES string of the molecule is CC(C)CCCC1CCC(C2CCC(CCc3cc(F)c(OC(F)(F)F)c(F)c3)CC2)CC1. The first-order valence-electron chi connectivity index (χ1n) is 12.8. The van der Waals surface area contributed by atoms with Crippen LogP contribution in [0.25, 0.3) is 0 Å². The van der Waals surface area contributed by atoms with E-state index in [1.807, 2.05) is 0 Å². The van der Waals surface area contributed by atoms with E-state index in [2.05, 4.69) is 18.6 Å². The fourth-order valence-corrected chi connectivity index (χ4v) is 6.05. The van der Waals surface area contributed by atoms with E-state index >= 15 is 0 Å². The molecule has 1 aromatic rings. The van der Waals surface area contributed by atoms with Crippen LogP contribution in [-0.2, 0) is 6.42 Å². The molecule has 2 fully saturated rings. The summed E-state index contributed by atoms with van der Waals surface area (Å²) in [6.07, 6.45) is 10.5. The van der Waals surface area contributed by atoms with Gasteiger partial charge in [-0.2, -0.15) is 0 Å². The predicted molar refractivity (Wildman–Crippen MR) is 121 cm³/mol. The van der Waals surface area contributed by atoms with Gasteiger partial charge in [-0.05, 0) is 85.8 Å². The topological polar surface area (TPSA) is 9.23 Å². The summed E-state index contributed by atoms with van der Waals surface area (Å²) in [6, 6.07) is 1.94. The number of alkyl halides is 3. The molecule has 0 radical (unpaired) electrons. The Morgan fingerprint density at radius 3 is 1.76 bits per heavy atom. The number of ether oxygens (including phenoxy) is 1. The molecule has 0 N–H and O–H groups in total. The number of hydrogen-bond donors (Lipinski definition) is 0. The van der Waals surface area contributed by atoms with E-state index in [1.165, 1.54) is 57.8 Å². The fraction of sp³-hybridized carbons (Fsp3) is 0.778. The van der Waals surface area contributed by atoms with E-state index in [9.17, 15) is 22.0 Å². The second kappa shape index (κ2) is 11.9. The molecule has 0 atom stereocenters. The lowest BCUT2D eigenvalue weighted by Crippen LogP contribution is -2.26. The third-order valence-corrected chi connectivity index (χ3v) is 7.96. The van der Waals surface area contributed by atoms with Gasteiger partial charge in [-0.1, -0.05) is 58.8 Å². The summed E-state index contributed by atoms with van der Waals surface area (Å²) >= 11 is 0. The smallest absolute Gasteiger partial charge is 0.399 e. The molecular weight excluding hydrogens is 435 g/mol. The molecule has 0 heterocycles. The summed E-state index contributed by atoms with van der Waals surface area (Å²) in [5.41, 5.74) is 0.387. The van der Waals surface area contributed by atoms with Crippen molar-refractivity contribution in [2.75, 3.05) is 0 Å². The lowest BCUT2D eigenvalue weighted by Gasteiger charge is -2.38. The molecular formula is C27H39F5O. The van der Waals surface area contributed by atoms with Crippen molar-refractivity contribution in [3.63, 3.8) is 0 Å². The molecule has 0 bridgehead atoms. The predicted octanol–water partition coefficient (Wildman–Crippen LogP) is 9.24. The Bertz CT molecular complexity index is 706. The molecule has 1 aromatic carbocycles. The normalized spacial score (nSPS) is 26.5. The van der Waals surface area contributed by atoms with Crippen LogP contribution in [0.3, 0.4) is 0 Å². The monoisotopic (exact) mass is 474 g/mol. The second-order valence-corrected chi connectivity index (χ2v) is 10.9. The largest absolute Gasteiger partial charge is 0.573 e. The molecule has 0 amide bonds. The number of hydrogen-bond acceptors (Lipinski definition) is 1. The highest BCUT2D eigenvalue weighted by atomic mass is 19.4. The molecule has 33 heavy (non-hydrogen) atoms. The lowest BCUT2D eigenvalue weighted by molar-refractivity contribution is -0.276. The van der Waals surface area contributed by atoms with Gasteiger partial charge in [0.15, 0.2) is 11.6 Å². The molecule has 6 heteroatoms. The Labute approximate surface area is 195 Å². The molecule has 2 aliphatic carbocycles. The number of benzene rings is 1. The van der Waals surface area contributed by atoms with Gasteiger partial charge >= 0.3 is 6.36 Å². The minimum absolute atomic E-state index is 0.387. The van der Waals surface area contributed by atoms with Crippen LogP contribution in [0, 0.1) is 41.2 Å². The number of aryl methyl sites for hydroxylation is 1. The maximum absolute atomic E-state index is 13.9. The minimum Gasteiger partial charge on any atom is -0.399 e. The van der Waals surface area contributed by atoms with Crippen LogP contribution in [0.1, 0.15) is 96.5 Å². The quantitative estimate of drug-likeness (QED) is 0.324. The summed E-state index contributed by atoms with van der Waals surface area (Å²) in [5, 5.41) is 0. The van der Waals surface area contributed by atoms with Crippen molar-refractivity contribution in [1.82, 2.24) is 0 Å². The molecule has 188 valence electrons. The van der Waals surface area contributed by atoms with E-state index in [-0.39, 0.29) is 0 Å². The van der Waals surface area contributed by atoms with E-state index in [4.69, 9.17) is 0 Å². The van der Waals surface area contributed by atoms with Crippen LogP contribution in [0.2, 0.25) is 0 Å². The van der Waals surface area contributed by atoms with Gasteiger partial charge in [-0.3, -0.25) is 0 Å². The van der Waals surface area contributed by atoms with Gasteiger partial charge in [0, 0.05) is 0 Å². The molecule has 2 aliphatic rings. The van der Waals surface area contributed by atoms with Gasteiger partial charge in [0.2, 0.25) is 5.75 Å². The van der Waals surface area contributed by atoms with Crippen molar-refractivity contribution in [3.8, 4) is 5.75 Å². The van der Waals surface area contributed by atoms with Crippen molar-refractivity contribution in [2.24, 2.45) is 29.6 Å². The highest BCUT2D eigenvalue weighted by Crippen LogP contribution is 2.43. The summed E-state index contributed by atoms with van der Waals surface area (Å²) in [5.74, 6) is -0.0606. The van der Waals surface area contributed by atoms with Gasteiger partial charge in [0.25, 0.3) is 0 Å². The van der Waals surface area contributed by atoms with Gasteiger partial charge in [0.1, 0.15) is 0 Å². The molecule has 0 unspecified atom stereocenters. The zero-order valence-corrected chi connectivity index (χ0v) is 20.0. The molecule has 0 aliphatic heterocycles. The highest BCUT2D eigenvalue weighted by Gasteiger charge is 2.34. The summed E-state index contributed by atoms with van der Waals surface area (Å²) < 4.78 is 68.2. The number of rotatable bonds is 9. The molecule has 2 saturated carbocycles. The summed E-state index contributed by atoms with van der Waals surface area (Å²) in [4.78, 5) is 0. The van der Waals surface area contributed by atoms with Gasteiger partial charge in [0.05, 0.1) is 0 Å². The maximum Gasteiger partial charge on any atom is 0.573 e. The third-order valence-electron chi connectivity index (χ3n) is 7.96. The van der Waals surface area contributed by atoms with Crippen LogP contribution in [0.4, 0.5) is 22.0 Å². The molecule has 0 aromatic heterocycles. The fourth-order valence-electron chi connectivity index (χ4n) is 6.05. The van der Waals surface area contributed by atoms with Crippen LogP contribution in [0.5, 0.6) is 5.75 Å². The Morgan fingerprint density at radius 2 is 1.30 bits per heavy atom. The van der Waals surface area contributed by atoms with Crippen molar-refractivity contribution in [3.05, 3.63) is 29.3 Å². The maximum atomic E-state index is 13.9. The van der Waals surface area contributed by atoms with Gasteiger partial charge in [-0.15, -0.1) is 13.2 Å². The van der Waals surface area contributed by atoms with Gasteiger partial charge in [-0.25, -0.2) is 8.78 Å². The Kier molecular flexibility index (Phi) is 9.46. The van der Waals surface area contributed by atoms with Crippen molar-refractivity contribution in [1.29, 1.82) is 0 Å². The van der Waals surface area contributed by atoms with Crippen LogP contribution in [0.15, 0.2) is 12.1 Å². The van der Waals surface area contributed by atoms with Crippen molar-refractivity contribution in [2.45, 2.75) is 104 Å². The first kappa shape index (κ1) is 26.3. The van der Waals surface area contributed by atoms with Crippen LogP contribution >= 0.6 is 0 Å². The zero-order chi connectivity index (χ0) is 24.0. The standard InChI is InChI=1S/C27H39F5O/c1-18(2)4-3-5-19-8-12-22(13-9-19)23-14-10-20(11-15-23)6-7-21-16-24(28)26(25(29)17-21)33-27(30,31)32/h16-20,22-23H,3-15H2,1-2H3. The van der Waals surface area contributed by atoms with E-state index < -0.39 is 23.7 Å². The lowest BCUT2D eigenvalue weighted by atomic mass is 9.68. The first-order chi connectivity index (χ1) is 15.6. The van der Waals surface area contributed by atoms with Crippen LogP contribution < -0.4 is 4.74 Å². The van der Waals surface area contributed by atoms with Crippen molar-refractivity contribution >= 4 is 0 Å². The van der Waals surface area contributed by atoms with E-state index in [0.717, 1.165) is 55.1 Å². The Hall–Kier alpha value is -1.33. The average Bonchev–Trinajstić information content (AvgIpc) is 2.75. The zero-order valence-electron chi connectivity index (χ0n) is 20.0. The average molecular weight is 475 g/mol. The van der Waals surface area contributed by atoms with Crippen LogP contribution in [-0.4, -0.2) is 6.36 Å². The van der Waals surface area contributed by atoms with E-state index in [1.54, 1.807) is 0 Å². The highest BCUT2D eigenvalue weighted by molar-refractivity contribution is 5.31. The molecule has 0 spiro atoms. The second-order valence-electron chi connectivity index (χ2n) is 10.9. The first-order valence-corrected chi connectivity index (χ1v) is 12.8. The minimum atomic E-state index is -5.12. The summed E-state index contributed by atoms with van der Waals surface area (Å²) in [7, 11) is 0. The molecule has 1 nitrogen and oxygen atoms in total.